The molecule has 1 heterocycles. The van der Waals surface area contributed by atoms with Crippen molar-refractivity contribution in [1.82, 2.24) is 15.1 Å². The molecule has 1 aliphatic rings. The summed E-state index contributed by atoms with van der Waals surface area (Å²) < 4.78 is 0.858. The predicted octanol–water partition coefficient (Wildman–Crippen LogP) is 2.00. The smallest absolute Gasteiger partial charge is 0.257 e. The second-order valence-corrected chi connectivity index (χ2v) is 6.31. The van der Waals surface area contributed by atoms with Gasteiger partial charge in [-0.3, -0.25) is 15.0 Å². The van der Waals surface area contributed by atoms with Gasteiger partial charge in [-0.05, 0) is 30.4 Å². The molecule has 0 aromatic heterocycles. The quantitative estimate of drug-likeness (QED) is 0.812. The predicted molar refractivity (Wildman–Crippen MR) is 92.4 cm³/mol. The lowest BCUT2D eigenvalue weighted by Crippen LogP contribution is -2.52. The van der Waals surface area contributed by atoms with Crippen molar-refractivity contribution in [3.63, 3.8) is 0 Å². The Bertz CT molecular complexity index is 593. The summed E-state index contributed by atoms with van der Waals surface area (Å²) in [5.41, 5.74) is 0.574. The number of halogens is 1. The normalized spacial score (nSPS) is 15.2. The number of thiocarbonyl (C=S) groups is 1. The molecule has 1 fully saturated rings. The number of nitrogens with zero attached hydrogens (tertiary/aromatic N) is 3. The molecule has 1 aromatic rings. The highest BCUT2D eigenvalue weighted by molar-refractivity contribution is 9.10. The van der Waals surface area contributed by atoms with Crippen molar-refractivity contribution < 1.29 is 4.79 Å². The first-order valence-corrected chi connectivity index (χ1v) is 8.25. The molecular weight excluding hydrogens is 364 g/mol. The molecule has 0 aliphatic carbocycles. The molecule has 2 rings (SSSR count). The van der Waals surface area contributed by atoms with Gasteiger partial charge in [0.15, 0.2) is 5.11 Å². The lowest BCUT2D eigenvalue weighted by atomic mass is 10.2. The Balaban J connectivity index is 1.83. The fourth-order valence-electron chi connectivity index (χ4n) is 2.26. The molecule has 1 aromatic carbocycles. The van der Waals surface area contributed by atoms with Crippen molar-refractivity contribution in [3.05, 3.63) is 34.3 Å². The molecule has 1 N–H and O–H groups in total. The number of nitrogens with one attached hydrogen (secondary N) is 1. The Morgan fingerprint density at radius 3 is 2.73 bits per heavy atom. The zero-order valence-electron chi connectivity index (χ0n) is 12.1. The fourth-order valence-corrected chi connectivity index (χ4v) is 2.94. The molecule has 0 unspecified atom stereocenters. The van der Waals surface area contributed by atoms with E-state index in [4.69, 9.17) is 17.5 Å². The minimum atomic E-state index is -0.196. The molecule has 0 bridgehead atoms. The van der Waals surface area contributed by atoms with Crippen molar-refractivity contribution in [2.45, 2.75) is 6.42 Å². The zero-order chi connectivity index (χ0) is 15.9. The lowest BCUT2D eigenvalue weighted by Gasteiger charge is -2.35. The van der Waals surface area contributed by atoms with Gasteiger partial charge in [0.1, 0.15) is 0 Å². The van der Waals surface area contributed by atoms with E-state index in [9.17, 15) is 4.79 Å². The van der Waals surface area contributed by atoms with E-state index in [1.807, 2.05) is 17.0 Å². The molecule has 0 saturated carbocycles. The third-order valence-electron chi connectivity index (χ3n) is 3.51. The number of rotatable bonds is 3. The Labute approximate surface area is 144 Å². The average molecular weight is 381 g/mol. The highest BCUT2D eigenvalue weighted by Crippen LogP contribution is 2.11. The Hall–Kier alpha value is -1.49. The van der Waals surface area contributed by atoms with Gasteiger partial charge in [-0.25, -0.2) is 0 Å². The van der Waals surface area contributed by atoms with E-state index in [-0.39, 0.29) is 5.91 Å². The van der Waals surface area contributed by atoms with Gasteiger partial charge in [-0.15, -0.1) is 0 Å². The maximum atomic E-state index is 12.2. The number of amides is 1. The van der Waals surface area contributed by atoms with Crippen molar-refractivity contribution in [2.75, 3.05) is 32.7 Å². The van der Waals surface area contributed by atoms with Gasteiger partial charge in [-0.1, -0.05) is 22.0 Å². The first-order chi connectivity index (χ1) is 10.6. The van der Waals surface area contributed by atoms with Crippen LogP contribution in [0.25, 0.3) is 0 Å². The lowest BCUT2D eigenvalue weighted by molar-refractivity contribution is 0.0969. The van der Waals surface area contributed by atoms with Gasteiger partial charge in [0.25, 0.3) is 5.91 Å². The van der Waals surface area contributed by atoms with Gasteiger partial charge < -0.3 is 4.90 Å². The van der Waals surface area contributed by atoms with E-state index in [1.54, 1.807) is 12.1 Å². The van der Waals surface area contributed by atoms with E-state index in [2.05, 4.69) is 32.2 Å². The van der Waals surface area contributed by atoms with Gasteiger partial charge in [0, 0.05) is 49.2 Å². The first kappa shape index (κ1) is 16.9. The summed E-state index contributed by atoms with van der Waals surface area (Å²) in [6.45, 7) is 4.04. The molecule has 1 saturated heterocycles. The molecule has 5 nitrogen and oxygen atoms in total. The van der Waals surface area contributed by atoms with E-state index in [0.717, 1.165) is 37.2 Å². The third-order valence-corrected chi connectivity index (χ3v) is 4.36. The molecule has 0 radical (unpaired) electrons. The van der Waals surface area contributed by atoms with Crippen LogP contribution < -0.4 is 5.32 Å². The minimum absolute atomic E-state index is 0.196. The van der Waals surface area contributed by atoms with E-state index in [1.165, 1.54) is 0 Å². The van der Waals surface area contributed by atoms with Crippen molar-refractivity contribution in [3.8, 4) is 6.07 Å². The summed E-state index contributed by atoms with van der Waals surface area (Å²) in [5, 5.41) is 11.8. The number of hydrogen-bond acceptors (Lipinski definition) is 4. The van der Waals surface area contributed by atoms with E-state index in [0.29, 0.717) is 17.1 Å². The molecule has 7 heteroatoms. The van der Waals surface area contributed by atoms with Gasteiger partial charge in [0.05, 0.1) is 6.07 Å². The summed E-state index contributed by atoms with van der Waals surface area (Å²) in [6, 6.07) is 9.36. The highest BCUT2D eigenvalue weighted by Gasteiger charge is 2.20. The maximum absolute atomic E-state index is 12.2. The maximum Gasteiger partial charge on any atom is 0.257 e. The monoisotopic (exact) mass is 380 g/mol. The molecular formula is C15H17BrN4OS. The molecule has 1 aliphatic heterocycles. The molecule has 1 amide bonds. The van der Waals surface area contributed by atoms with Crippen molar-refractivity contribution in [2.24, 2.45) is 0 Å². The van der Waals surface area contributed by atoms with Crippen LogP contribution in [0, 0.1) is 11.3 Å². The number of hydrogen-bond donors (Lipinski definition) is 1. The molecule has 22 heavy (non-hydrogen) atoms. The van der Waals surface area contributed by atoms with Crippen LogP contribution in [0.5, 0.6) is 0 Å². The summed E-state index contributed by atoms with van der Waals surface area (Å²) in [5.74, 6) is -0.196. The Kier molecular flexibility index (Phi) is 6.31. The van der Waals surface area contributed by atoms with Crippen LogP contribution in [-0.4, -0.2) is 53.5 Å². The fraction of sp³-hybridized carbons (Fsp3) is 0.400. The Morgan fingerprint density at radius 2 is 2.09 bits per heavy atom. The van der Waals surface area contributed by atoms with E-state index < -0.39 is 0 Å². The topological polar surface area (TPSA) is 59.4 Å². The number of carbonyl (C=O) groups is 1. The summed E-state index contributed by atoms with van der Waals surface area (Å²) in [6.07, 6.45) is 0.546. The second kappa shape index (κ2) is 8.22. The Morgan fingerprint density at radius 1 is 1.36 bits per heavy atom. The van der Waals surface area contributed by atoms with Crippen LogP contribution in [0.2, 0.25) is 0 Å². The van der Waals surface area contributed by atoms with Crippen LogP contribution in [0.1, 0.15) is 16.8 Å². The van der Waals surface area contributed by atoms with Gasteiger partial charge in [-0.2, -0.15) is 5.26 Å². The first-order valence-electron chi connectivity index (χ1n) is 7.05. The summed E-state index contributed by atoms with van der Waals surface area (Å²) in [4.78, 5) is 16.4. The largest absolute Gasteiger partial charge is 0.346 e. The third kappa shape index (κ3) is 4.77. The van der Waals surface area contributed by atoms with Crippen molar-refractivity contribution >= 4 is 39.2 Å². The SMILES string of the molecule is N#CCCN1CCN(C(=S)NC(=O)c2cccc(Br)c2)CC1. The van der Waals surface area contributed by atoms with Crippen LogP contribution in [0.15, 0.2) is 28.7 Å². The van der Waals surface area contributed by atoms with Crippen LogP contribution >= 0.6 is 28.1 Å². The molecule has 116 valence electrons. The number of nitriles is 1. The van der Waals surface area contributed by atoms with Gasteiger partial charge >= 0.3 is 0 Å². The number of carbonyl (C=O) groups excluding carboxylic acids is 1. The van der Waals surface area contributed by atoms with Crippen molar-refractivity contribution in [1.29, 1.82) is 5.26 Å². The summed E-state index contributed by atoms with van der Waals surface area (Å²) in [7, 11) is 0. The van der Waals surface area contributed by atoms with Crippen LogP contribution in [0.3, 0.4) is 0 Å². The van der Waals surface area contributed by atoms with Crippen LogP contribution in [-0.2, 0) is 0 Å². The molecule has 0 atom stereocenters. The van der Waals surface area contributed by atoms with E-state index >= 15 is 0 Å². The second-order valence-electron chi connectivity index (χ2n) is 5.01. The van der Waals surface area contributed by atoms with Gasteiger partial charge in [0.2, 0.25) is 0 Å². The number of benzene rings is 1. The minimum Gasteiger partial charge on any atom is -0.346 e. The van der Waals surface area contributed by atoms with Crippen LogP contribution in [0.4, 0.5) is 0 Å². The standard InChI is InChI=1S/C15H17BrN4OS/c16-13-4-1-3-12(11-13)14(21)18-15(22)20-9-7-19(8-10-20)6-2-5-17/h1,3-4,11H,2,6-10H2,(H,18,21,22). The average Bonchev–Trinajstić information content (AvgIpc) is 2.53. The highest BCUT2D eigenvalue weighted by atomic mass is 79.9. The molecule has 0 spiro atoms. The number of piperazine rings is 1. The zero-order valence-corrected chi connectivity index (χ0v) is 14.5. The summed E-state index contributed by atoms with van der Waals surface area (Å²) >= 11 is 8.67.